The van der Waals surface area contributed by atoms with Gasteiger partial charge in [0.25, 0.3) is 0 Å². The van der Waals surface area contributed by atoms with Crippen LogP contribution in [0.5, 0.6) is 0 Å². The minimum Gasteiger partial charge on any atom is -0.477 e. The molecule has 18 heavy (non-hydrogen) atoms. The van der Waals surface area contributed by atoms with Gasteiger partial charge in [0.15, 0.2) is 5.69 Å². The number of hydrogen-bond acceptors (Lipinski definition) is 6. The Labute approximate surface area is 107 Å². The Hall–Kier alpha value is -1.83. The van der Waals surface area contributed by atoms with Crippen LogP contribution >= 0.6 is 11.8 Å². The molecule has 1 atom stereocenters. The van der Waals surface area contributed by atoms with Crippen molar-refractivity contribution in [2.45, 2.75) is 12.5 Å². The van der Waals surface area contributed by atoms with E-state index in [0.29, 0.717) is 0 Å². The van der Waals surface area contributed by atoms with Crippen LogP contribution in [0.3, 0.4) is 0 Å². The van der Waals surface area contributed by atoms with Crippen molar-refractivity contribution in [3.8, 4) is 0 Å². The van der Waals surface area contributed by atoms with Gasteiger partial charge in [-0.25, -0.2) is 9.78 Å². The summed E-state index contributed by atoms with van der Waals surface area (Å²) in [6, 6.07) is 2.40. The summed E-state index contributed by atoms with van der Waals surface area (Å²) in [7, 11) is 0. The highest BCUT2D eigenvalue weighted by molar-refractivity contribution is 7.99. The van der Waals surface area contributed by atoms with Crippen molar-refractivity contribution in [1.29, 1.82) is 0 Å². The number of aromatic nitrogens is 1. The van der Waals surface area contributed by atoms with E-state index in [-0.39, 0.29) is 23.2 Å². The van der Waals surface area contributed by atoms with Gasteiger partial charge in [0.1, 0.15) is 0 Å². The average Bonchev–Trinajstić information content (AvgIpc) is 2.81. The maximum absolute atomic E-state index is 10.8. The maximum Gasteiger partial charge on any atom is 0.354 e. The number of thioether (sulfide) groups is 1. The molecule has 0 aromatic carbocycles. The standard InChI is InChI=1S/C10H11N3O4S/c14-10(15)7-1-2-8(13(16)17)9(12-7)11-6-3-4-18-5-6/h1-2,6H,3-5H2,(H,11,12)(H,14,15). The van der Waals surface area contributed by atoms with Crippen molar-refractivity contribution < 1.29 is 14.8 Å². The van der Waals surface area contributed by atoms with Crippen molar-refractivity contribution in [3.63, 3.8) is 0 Å². The molecule has 1 saturated heterocycles. The average molecular weight is 269 g/mol. The van der Waals surface area contributed by atoms with Crippen molar-refractivity contribution in [3.05, 3.63) is 27.9 Å². The quantitative estimate of drug-likeness (QED) is 0.631. The Morgan fingerprint density at radius 2 is 2.39 bits per heavy atom. The van der Waals surface area contributed by atoms with Crippen molar-refractivity contribution >= 4 is 29.2 Å². The third-order valence-electron chi connectivity index (χ3n) is 2.56. The van der Waals surface area contributed by atoms with Crippen LogP contribution in [0.15, 0.2) is 12.1 Å². The summed E-state index contributed by atoms with van der Waals surface area (Å²) in [5.74, 6) is 0.668. The summed E-state index contributed by atoms with van der Waals surface area (Å²) in [6.45, 7) is 0. The van der Waals surface area contributed by atoms with E-state index in [1.807, 2.05) is 0 Å². The summed E-state index contributed by atoms with van der Waals surface area (Å²) in [6.07, 6.45) is 0.890. The summed E-state index contributed by atoms with van der Waals surface area (Å²) in [4.78, 5) is 24.9. The molecule has 8 heteroatoms. The Balaban J connectivity index is 2.30. The Kier molecular flexibility index (Phi) is 3.66. The first kappa shape index (κ1) is 12.6. The fraction of sp³-hybridized carbons (Fsp3) is 0.400. The molecule has 1 unspecified atom stereocenters. The smallest absolute Gasteiger partial charge is 0.354 e. The van der Waals surface area contributed by atoms with Gasteiger partial charge in [-0.2, -0.15) is 11.8 Å². The molecule has 0 aliphatic carbocycles. The molecule has 0 bridgehead atoms. The first-order valence-electron chi connectivity index (χ1n) is 5.31. The summed E-state index contributed by atoms with van der Waals surface area (Å²) in [5.41, 5.74) is -0.398. The number of carboxylic acids is 1. The normalized spacial score (nSPS) is 18.6. The third kappa shape index (κ3) is 2.70. The maximum atomic E-state index is 10.8. The number of rotatable bonds is 4. The van der Waals surface area contributed by atoms with Crippen LogP contribution in [0.2, 0.25) is 0 Å². The second kappa shape index (κ2) is 5.21. The second-order valence-corrected chi connectivity index (χ2v) is 4.98. The van der Waals surface area contributed by atoms with Gasteiger partial charge < -0.3 is 10.4 Å². The number of carboxylic acid groups (broad SMARTS) is 1. The summed E-state index contributed by atoms with van der Waals surface area (Å²) >= 11 is 1.75. The monoisotopic (exact) mass is 269 g/mol. The SMILES string of the molecule is O=C(O)c1ccc([N+](=O)[O-])c(NC2CCSC2)n1. The molecule has 2 N–H and O–H groups in total. The number of nitro groups is 1. The minimum absolute atomic E-state index is 0.0346. The lowest BCUT2D eigenvalue weighted by Crippen LogP contribution is -2.20. The van der Waals surface area contributed by atoms with E-state index in [2.05, 4.69) is 10.3 Å². The molecule has 7 nitrogen and oxygen atoms in total. The van der Waals surface area contributed by atoms with Crippen LogP contribution in [-0.4, -0.2) is 38.5 Å². The number of carbonyl (C=O) groups is 1. The van der Waals surface area contributed by atoms with Crippen LogP contribution in [0.4, 0.5) is 11.5 Å². The molecule has 0 spiro atoms. The van der Waals surface area contributed by atoms with E-state index in [9.17, 15) is 14.9 Å². The molecule has 0 saturated carbocycles. The predicted octanol–water partition coefficient (Wildman–Crippen LogP) is 1.61. The predicted molar refractivity (Wildman–Crippen MR) is 67.2 cm³/mol. The fourth-order valence-electron chi connectivity index (χ4n) is 1.67. The number of nitrogens with one attached hydrogen (secondary N) is 1. The first-order chi connectivity index (χ1) is 8.58. The number of anilines is 1. The molecule has 1 aliphatic rings. The van der Waals surface area contributed by atoms with Crippen LogP contribution in [-0.2, 0) is 0 Å². The van der Waals surface area contributed by atoms with Gasteiger partial charge in [-0.3, -0.25) is 10.1 Å². The number of pyridine rings is 1. The fourth-order valence-corrected chi connectivity index (χ4v) is 2.82. The molecule has 0 radical (unpaired) electrons. The molecule has 0 amide bonds. The number of hydrogen-bond donors (Lipinski definition) is 2. The van der Waals surface area contributed by atoms with Crippen LogP contribution in [0.1, 0.15) is 16.9 Å². The molecule has 1 aromatic rings. The largest absolute Gasteiger partial charge is 0.477 e. The van der Waals surface area contributed by atoms with Gasteiger partial charge in [-0.1, -0.05) is 0 Å². The zero-order valence-corrected chi connectivity index (χ0v) is 10.1. The van der Waals surface area contributed by atoms with E-state index in [1.165, 1.54) is 6.07 Å². The Morgan fingerprint density at radius 3 is 2.94 bits per heavy atom. The van der Waals surface area contributed by atoms with Crippen LogP contribution in [0.25, 0.3) is 0 Å². The molecule has 1 aromatic heterocycles. The molecule has 2 heterocycles. The van der Waals surface area contributed by atoms with Crippen molar-refractivity contribution in [2.75, 3.05) is 16.8 Å². The first-order valence-corrected chi connectivity index (χ1v) is 6.46. The summed E-state index contributed by atoms with van der Waals surface area (Å²) in [5, 5.41) is 22.6. The van der Waals surface area contributed by atoms with Crippen LogP contribution in [0, 0.1) is 10.1 Å². The zero-order chi connectivity index (χ0) is 13.1. The van der Waals surface area contributed by atoms with Gasteiger partial charge in [0.2, 0.25) is 5.82 Å². The van der Waals surface area contributed by atoms with E-state index >= 15 is 0 Å². The van der Waals surface area contributed by atoms with Gasteiger partial charge in [-0.05, 0) is 18.2 Å². The highest BCUT2D eigenvalue weighted by Crippen LogP contribution is 2.26. The topological polar surface area (TPSA) is 105 Å². The highest BCUT2D eigenvalue weighted by Gasteiger charge is 2.23. The molecule has 2 rings (SSSR count). The van der Waals surface area contributed by atoms with Gasteiger partial charge in [0, 0.05) is 17.9 Å². The Bertz CT molecular complexity index is 488. The molecular formula is C10H11N3O4S. The lowest BCUT2D eigenvalue weighted by molar-refractivity contribution is -0.384. The van der Waals surface area contributed by atoms with Crippen molar-refractivity contribution in [2.24, 2.45) is 0 Å². The lowest BCUT2D eigenvalue weighted by Gasteiger charge is -2.12. The zero-order valence-electron chi connectivity index (χ0n) is 9.33. The van der Waals surface area contributed by atoms with E-state index in [0.717, 1.165) is 24.0 Å². The lowest BCUT2D eigenvalue weighted by atomic mass is 10.2. The third-order valence-corrected chi connectivity index (χ3v) is 3.72. The second-order valence-electron chi connectivity index (χ2n) is 3.83. The van der Waals surface area contributed by atoms with Gasteiger partial charge in [-0.15, -0.1) is 0 Å². The van der Waals surface area contributed by atoms with Gasteiger partial charge in [0.05, 0.1) is 4.92 Å². The molecule has 96 valence electrons. The number of nitrogens with zero attached hydrogens (tertiary/aromatic N) is 2. The molecular weight excluding hydrogens is 258 g/mol. The highest BCUT2D eigenvalue weighted by atomic mass is 32.2. The van der Waals surface area contributed by atoms with Crippen molar-refractivity contribution in [1.82, 2.24) is 4.98 Å². The van der Waals surface area contributed by atoms with Gasteiger partial charge >= 0.3 is 11.7 Å². The van der Waals surface area contributed by atoms with E-state index in [4.69, 9.17) is 5.11 Å². The minimum atomic E-state index is -1.20. The number of aromatic carboxylic acids is 1. The van der Waals surface area contributed by atoms with Crippen LogP contribution < -0.4 is 5.32 Å². The van der Waals surface area contributed by atoms with E-state index in [1.54, 1.807) is 11.8 Å². The Morgan fingerprint density at radius 1 is 1.61 bits per heavy atom. The molecule has 1 fully saturated rings. The molecule has 1 aliphatic heterocycles. The summed E-state index contributed by atoms with van der Waals surface area (Å²) < 4.78 is 0. The van der Waals surface area contributed by atoms with E-state index < -0.39 is 10.9 Å².